The van der Waals surface area contributed by atoms with E-state index >= 15 is 0 Å². The highest BCUT2D eigenvalue weighted by Crippen LogP contribution is 2.27. The molecule has 2 aromatic rings. The first kappa shape index (κ1) is 15.0. The number of aryl methyl sites for hydroxylation is 2. The van der Waals surface area contributed by atoms with Crippen molar-refractivity contribution in [1.29, 1.82) is 0 Å². The monoisotopic (exact) mass is 295 g/mol. The fraction of sp³-hybridized carbons (Fsp3) is 0.400. The molecular formula is C15H19ClFN3. The predicted molar refractivity (Wildman–Crippen MR) is 79.5 cm³/mol. The summed E-state index contributed by atoms with van der Waals surface area (Å²) >= 11 is 6.12. The highest BCUT2D eigenvalue weighted by Gasteiger charge is 2.19. The topological polar surface area (TPSA) is 29.9 Å². The van der Waals surface area contributed by atoms with E-state index in [1.807, 2.05) is 27.1 Å². The molecule has 20 heavy (non-hydrogen) atoms. The van der Waals surface area contributed by atoms with Crippen LogP contribution >= 0.6 is 11.6 Å². The standard InChI is InChI=1S/C15H19ClFN3/c1-4-18-15(12-9-20(3)19-10(12)2)8-11-13(16)6-5-7-14(11)17/h5-7,9,15,18H,4,8H2,1-3H3. The summed E-state index contributed by atoms with van der Waals surface area (Å²) in [7, 11) is 1.88. The number of benzene rings is 1. The van der Waals surface area contributed by atoms with Crippen LogP contribution in [0.3, 0.4) is 0 Å². The average molecular weight is 296 g/mol. The molecule has 0 amide bonds. The van der Waals surface area contributed by atoms with Gasteiger partial charge >= 0.3 is 0 Å². The molecule has 0 fully saturated rings. The molecule has 3 nitrogen and oxygen atoms in total. The minimum Gasteiger partial charge on any atom is -0.310 e. The van der Waals surface area contributed by atoms with Gasteiger partial charge in [-0.1, -0.05) is 24.6 Å². The minimum absolute atomic E-state index is 0.00287. The molecule has 0 aliphatic heterocycles. The molecule has 0 spiro atoms. The molecule has 0 bridgehead atoms. The molecule has 2 rings (SSSR count). The number of rotatable bonds is 5. The molecule has 1 aromatic heterocycles. The van der Waals surface area contributed by atoms with Gasteiger partial charge in [-0.2, -0.15) is 5.10 Å². The Hall–Kier alpha value is -1.39. The van der Waals surface area contributed by atoms with Crippen LogP contribution in [0.2, 0.25) is 5.02 Å². The number of halogens is 2. The smallest absolute Gasteiger partial charge is 0.127 e. The van der Waals surface area contributed by atoms with Crippen molar-refractivity contribution in [1.82, 2.24) is 15.1 Å². The lowest BCUT2D eigenvalue weighted by Gasteiger charge is -2.18. The molecule has 0 saturated heterocycles. The minimum atomic E-state index is -0.262. The van der Waals surface area contributed by atoms with E-state index in [0.717, 1.165) is 17.8 Å². The number of nitrogens with zero attached hydrogens (tertiary/aromatic N) is 2. The molecule has 1 N–H and O–H groups in total. The van der Waals surface area contributed by atoms with Crippen LogP contribution in [-0.4, -0.2) is 16.3 Å². The lowest BCUT2D eigenvalue weighted by molar-refractivity contribution is 0.526. The predicted octanol–water partition coefficient (Wildman–Crippen LogP) is 3.41. The van der Waals surface area contributed by atoms with Crippen LogP contribution in [0.25, 0.3) is 0 Å². The first-order valence-corrected chi connectivity index (χ1v) is 7.07. The van der Waals surface area contributed by atoms with Crippen LogP contribution in [0.15, 0.2) is 24.4 Å². The summed E-state index contributed by atoms with van der Waals surface area (Å²) in [5, 5.41) is 8.20. The molecule has 0 saturated carbocycles. The van der Waals surface area contributed by atoms with E-state index in [0.29, 0.717) is 17.0 Å². The molecule has 1 atom stereocenters. The van der Waals surface area contributed by atoms with Crippen LogP contribution in [0.1, 0.15) is 29.8 Å². The lowest BCUT2D eigenvalue weighted by Crippen LogP contribution is -2.23. The summed E-state index contributed by atoms with van der Waals surface area (Å²) in [5.41, 5.74) is 2.57. The molecule has 0 radical (unpaired) electrons. The van der Waals surface area contributed by atoms with Crippen LogP contribution in [0, 0.1) is 12.7 Å². The Morgan fingerprint density at radius 1 is 1.45 bits per heavy atom. The van der Waals surface area contributed by atoms with Crippen LogP contribution in [-0.2, 0) is 13.5 Å². The highest BCUT2D eigenvalue weighted by molar-refractivity contribution is 6.31. The Balaban J connectivity index is 2.33. The highest BCUT2D eigenvalue weighted by atomic mass is 35.5. The van der Waals surface area contributed by atoms with Crippen LogP contribution in [0.4, 0.5) is 4.39 Å². The molecular weight excluding hydrogens is 277 g/mol. The van der Waals surface area contributed by atoms with E-state index in [4.69, 9.17) is 11.6 Å². The Morgan fingerprint density at radius 2 is 2.20 bits per heavy atom. The van der Waals surface area contributed by atoms with Crippen molar-refractivity contribution in [2.75, 3.05) is 6.54 Å². The number of nitrogens with one attached hydrogen (secondary N) is 1. The van der Waals surface area contributed by atoms with Gasteiger partial charge in [0.05, 0.1) is 5.69 Å². The molecule has 1 aromatic carbocycles. The van der Waals surface area contributed by atoms with Crippen LogP contribution in [0.5, 0.6) is 0 Å². The third-order valence-electron chi connectivity index (χ3n) is 3.35. The maximum absolute atomic E-state index is 13.9. The Kier molecular flexibility index (Phi) is 4.78. The Bertz CT molecular complexity index is 575. The third kappa shape index (κ3) is 3.19. The van der Waals surface area contributed by atoms with Gasteiger partial charge in [-0.3, -0.25) is 4.68 Å². The van der Waals surface area contributed by atoms with Crippen molar-refractivity contribution in [3.63, 3.8) is 0 Å². The summed E-state index contributed by atoms with van der Waals surface area (Å²) in [6.07, 6.45) is 2.48. The summed E-state index contributed by atoms with van der Waals surface area (Å²) < 4.78 is 15.7. The zero-order valence-corrected chi connectivity index (χ0v) is 12.7. The summed E-state index contributed by atoms with van der Waals surface area (Å²) in [6.45, 7) is 4.79. The SMILES string of the molecule is CCNC(Cc1c(F)cccc1Cl)c1cn(C)nc1C. The number of hydrogen-bond donors (Lipinski definition) is 1. The van der Waals surface area contributed by atoms with Gasteiger partial charge in [0.1, 0.15) is 5.82 Å². The van der Waals surface area contributed by atoms with Crippen molar-refractivity contribution in [3.05, 3.63) is 52.1 Å². The fourth-order valence-electron chi connectivity index (χ4n) is 2.43. The van der Waals surface area contributed by atoms with Gasteiger partial charge in [0, 0.05) is 35.4 Å². The van der Waals surface area contributed by atoms with Gasteiger partial charge in [-0.15, -0.1) is 0 Å². The van der Waals surface area contributed by atoms with E-state index in [9.17, 15) is 4.39 Å². The molecule has 1 heterocycles. The zero-order chi connectivity index (χ0) is 14.7. The van der Waals surface area contributed by atoms with Gasteiger partial charge < -0.3 is 5.32 Å². The zero-order valence-electron chi connectivity index (χ0n) is 12.0. The first-order valence-electron chi connectivity index (χ1n) is 6.69. The average Bonchev–Trinajstić information content (AvgIpc) is 2.72. The van der Waals surface area contributed by atoms with Crippen molar-refractivity contribution in [2.45, 2.75) is 26.3 Å². The van der Waals surface area contributed by atoms with Crippen molar-refractivity contribution in [3.8, 4) is 0 Å². The molecule has 0 aliphatic rings. The van der Waals surface area contributed by atoms with Gasteiger partial charge in [-0.05, 0) is 32.0 Å². The van der Waals surface area contributed by atoms with E-state index < -0.39 is 0 Å². The number of likely N-dealkylation sites (N-methyl/N-ethyl adjacent to an activating group) is 1. The second-order valence-corrected chi connectivity index (χ2v) is 5.27. The Labute approximate surface area is 123 Å². The second-order valence-electron chi connectivity index (χ2n) is 4.86. The lowest BCUT2D eigenvalue weighted by atomic mass is 9.99. The fourth-order valence-corrected chi connectivity index (χ4v) is 2.67. The molecule has 1 unspecified atom stereocenters. The van der Waals surface area contributed by atoms with Crippen LogP contribution < -0.4 is 5.32 Å². The largest absolute Gasteiger partial charge is 0.310 e. The van der Waals surface area contributed by atoms with Gasteiger partial charge in [0.15, 0.2) is 0 Å². The second kappa shape index (κ2) is 6.37. The number of aromatic nitrogens is 2. The molecule has 108 valence electrons. The quantitative estimate of drug-likeness (QED) is 0.916. The first-order chi connectivity index (χ1) is 9.52. The Morgan fingerprint density at radius 3 is 2.75 bits per heavy atom. The number of hydrogen-bond acceptors (Lipinski definition) is 2. The summed E-state index contributed by atoms with van der Waals surface area (Å²) in [4.78, 5) is 0. The van der Waals surface area contributed by atoms with E-state index in [2.05, 4.69) is 10.4 Å². The maximum atomic E-state index is 13.9. The van der Waals surface area contributed by atoms with E-state index in [1.165, 1.54) is 6.07 Å². The van der Waals surface area contributed by atoms with Crippen molar-refractivity contribution >= 4 is 11.6 Å². The van der Waals surface area contributed by atoms with E-state index in [-0.39, 0.29) is 11.9 Å². The normalized spacial score (nSPS) is 12.7. The van der Waals surface area contributed by atoms with Crippen molar-refractivity contribution < 1.29 is 4.39 Å². The van der Waals surface area contributed by atoms with Gasteiger partial charge in [0.25, 0.3) is 0 Å². The molecule has 5 heteroatoms. The van der Waals surface area contributed by atoms with Gasteiger partial charge in [0.2, 0.25) is 0 Å². The summed E-state index contributed by atoms with van der Waals surface area (Å²) in [5.74, 6) is -0.262. The van der Waals surface area contributed by atoms with Gasteiger partial charge in [-0.25, -0.2) is 4.39 Å². The van der Waals surface area contributed by atoms with Crippen molar-refractivity contribution in [2.24, 2.45) is 7.05 Å². The van der Waals surface area contributed by atoms with E-state index in [1.54, 1.807) is 16.8 Å². The third-order valence-corrected chi connectivity index (χ3v) is 3.70. The molecule has 0 aliphatic carbocycles. The summed E-state index contributed by atoms with van der Waals surface area (Å²) in [6, 6.07) is 4.79. The maximum Gasteiger partial charge on any atom is 0.127 e.